The van der Waals surface area contributed by atoms with Crippen LogP contribution in [0.3, 0.4) is 0 Å². The van der Waals surface area contributed by atoms with Gasteiger partial charge in [0.15, 0.2) is 0 Å². The Morgan fingerprint density at radius 1 is 1.07 bits per heavy atom. The molecule has 0 radical (unpaired) electrons. The summed E-state index contributed by atoms with van der Waals surface area (Å²) in [5.74, 6) is 1.81. The smallest absolute Gasteiger partial charge is 0.148 e. The van der Waals surface area contributed by atoms with E-state index in [1.54, 1.807) is 19.5 Å². The minimum atomic E-state index is -0.203. The maximum atomic E-state index is 6.29. The summed E-state index contributed by atoms with van der Waals surface area (Å²) < 4.78 is 14.0. The van der Waals surface area contributed by atoms with E-state index in [1.807, 2.05) is 30.3 Å². The van der Waals surface area contributed by atoms with Crippen LogP contribution in [0.5, 0.6) is 5.75 Å². The second-order valence-corrected chi connectivity index (χ2v) is 9.57. The Balaban J connectivity index is 1.85. The molecule has 1 aliphatic heterocycles. The van der Waals surface area contributed by atoms with Crippen LogP contribution in [0.15, 0.2) is 48.9 Å². The zero-order chi connectivity index (χ0) is 21.5. The fourth-order valence-corrected chi connectivity index (χ4v) is 4.74. The third-order valence-electron chi connectivity index (χ3n) is 5.52. The molecule has 0 N–H and O–H groups in total. The lowest BCUT2D eigenvalue weighted by Crippen LogP contribution is -2.44. The van der Waals surface area contributed by atoms with Crippen LogP contribution in [0.4, 0.5) is 0 Å². The summed E-state index contributed by atoms with van der Waals surface area (Å²) in [7, 11) is 1.65. The number of rotatable bonds is 4. The molecule has 4 rings (SSSR count). The molecular weight excluding hydrogens is 398 g/mol. The summed E-state index contributed by atoms with van der Waals surface area (Å²) in [5, 5.41) is 0.704. The number of aromatic nitrogens is 3. The number of hydrogen-bond donors (Lipinski definition) is 0. The van der Waals surface area contributed by atoms with Crippen molar-refractivity contribution in [1.29, 1.82) is 0 Å². The minimum Gasteiger partial charge on any atom is -0.494 e. The third-order valence-corrected chi connectivity index (χ3v) is 5.77. The minimum absolute atomic E-state index is 0.203. The fourth-order valence-electron chi connectivity index (χ4n) is 4.61. The maximum Gasteiger partial charge on any atom is 0.148 e. The van der Waals surface area contributed by atoms with Crippen molar-refractivity contribution in [2.24, 2.45) is 0 Å². The van der Waals surface area contributed by atoms with Crippen molar-refractivity contribution in [3.8, 4) is 22.8 Å². The van der Waals surface area contributed by atoms with E-state index in [9.17, 15) is 0 Å². The summed E-state index contributed by atoms with van der Waals surface area (Å²) in [6.45, 7) is 8.63. The molecule has 6 heteroatoms. The second-order valence-electron chi connectivity index (χ2n) is 9.14. The molecule has 0 spiro atoms. The lowest BCUT2D eigenvalue weighted by atomic mass is 9.79. The molecule has 2 aromatic heterocycles. The summed E-state index contributed by atoms with van der Waals surface area (Å²) in [6.07, 6.45) is 7.46. The first-order chi connectivity index (χ1) is 14.2. The molecule has 1 aromatic carbocycles. The van der Waals surface area contributed by atoms with Gasteiger partial charge < -0.3 is 9.47 Å². The summed E-state index contributed by atoms with van der Waals surface area (Å²) in [5.41, 5.74) is 2.55. The highest BCUT2D eigenvalue weighted by Crippen LogP contribution is 2.44. The number of methoxy groups -OCH3 is 1. The first-order valence-corrected chi connectivity index (χ1v) is 10.6. The van der Waals surface area contributed by atoms with Crippen molar-refractivity contribution in [1.82, 2.24) is 14.5 Å². The van der Waals surface area contributed by atoms with Crippen molar-refractivity contribution in [2.45, 2.75) is 57.7 Å². The Labute approximate surface area is 183 Å². The van der Waals surface area contributed by atoms with Gasteiger partial charge in [0.25, 0.3) is 0 Å². The van der Waals surface area contributed by atoms with Crippen LogP contribution >= 0.6 is 11.6 Å². The Kier molecular flexibility index (Phi) is 5.37. The topological polar surface area (TPSA) is 49.2 Å². The van der Waals surface area contributed by atoms with Crippen LogP contribution in [0.25, 0.3) is 17.1 Å². The van der Waals surface area contributed by atoms with E-state index in [1.165, 1.54) is 0 Å². The monoisotopic (exact) mass is 425 g/mol. The number of pyridine rings is 1. The molecule has 30 heavy (non-hydrogen) atoms. The summed E-state index contributed by atoms with van der Waals surface area (Å²) >= 11 is 6.13. The van der Waals surface area contributed by atoms with Gasteiger partial charge in [0.1, 0.15) is 11.6 Å². The summed E-state index contributed by atoms with van der Waals surface area (Å²) in [4.78, 5) is 9.30. The van der Waals surface area contributed by atoms with E-state index in [2.05, 4.69) is 43.4 Å². The average Bonchev–Trinajstić information content (AvgIpc) is 3.11. The number of halogens is 1. The van der Waals surface area contributed by atoms with Crippen LogP contribution in [0.1, 0.15) is 52.1 Å². The first-order valence-electron chi connectivity index (χ1n) is 10.2. The molecule has 1 aliphatic rings. The number of imidazole rings is 1. The Morgan fingerprint density at radius 3 is 2.37 bits per heavy atom. The van der Waals surface area contributed by atoms with Gasteiger partial charge >= 0.3 is 0 Å². The molecule has 158 valence electrons. The van der Waals surface area contributed by atoms with Gasteiger partial charge in [-0.25, -0.2) is 4.98 Å². The van der Waals surface area contributed by atoms with Gasteiger partial charge in [-0.05, 0) is 70.9 Å². The molecule has 0 amide bonds. The summed E-state index contributed by atoms with van der Waals surface area (Å²) in [6, 6.07) is 9.73. The lowest BCUT2D eigenvalue weighted by molar-refractivity contribution is -0.162. The second kappa shape index (κ2) is 7.71. The molecule has 3 heterocycles. The van der Waals surface area contributed by atoms with Gasteiger partial charge in [0, 0.05) is 29.0 Å². The van der Waals surface area contributed by atoms with Crippen LogP contribution in [-0.2, 0) is 4.74 Å². The highest BCUT2D eigenvalue weighted by Gasteiger charge is 2.41. The van der Waals surface area contributed by atoms with Crippen LogP contribution in [0.2, 0.25) is 5.02 Å². The molecule has 0 bridgehead atoms. The van der Waals surface area contributed by atoms with Gasteiger partial charge in [0.05, 0.1) is 35.8 Å². The Hall–Kier alpha value is -2.37. The molecule has 1 saturated heterocycles. The zero-order valence-electron chi connectivity index (χ0n) is 18.1. The molecule has 0 saturated carbocycles. The van der Waals surface area contributed by atoms with Gasteiger partial charge in [-0.1, -0.05) is 11.6 Å². The number of nitrogens with zero attached hydrogens (tertiary/aromatic N) is 3. The van der Waals surface area contributed by atoms with Crippen molar-refractivity contribution < 1.29 is 9.47 Å². The fraction of sp³-hybridized carbons (Fsp3) is 0.417. The largest absolute Gasteiger partial charge is 0.494 e. The van der Waals surface area contributed by atoms with Gasteiger partial charge in [-0.2, -0.15) is 0 Å². The van der Waals surface area contributed by atoms with Gasteiger partial charge in [-0.15, -0.1) is 0 Å². The first kappa shape index (κ1) is 20.9. The maximum absolute atomic E-state index is 6.29. The van der Waals surface area contributed by atoms with Crippen LogP contribution in [-0.4, -0.2) is 32.8 Å². The normalized spacial score (nSPS) is 18.3. The molecule has 3 aromatic rings. The molecular formula is C24H28ClN3O2. The van der Waals surface area contributed by atoms with E-state index < -0.39 is 0 Å². The van der Waals surface area contributed by atoms with Crippen LogP contribution < -0.4 is 4.74 Å². The van der Waals surface area contributed by atoms with Crippen molar-refractivity contribution in [2.75, 3.05) is 7.11 Å². The molecule has 0 unspecified atom stereocenters. The van der Waals surface area contributed by atoms with Crippen molar-refractivity contribution >= 4 is 11.6 Å². The third kappa shape index (κ3) is 4.23. The van der Waals surface area contributed by atoms with E-state index in [0.717, 1.165) is 35.6 Å². The molecule has 5 nitrogen and oxygen atoms in total. The average molecular weight is 426 g/mol. The molecule has 0 aliphatic carbocycles. The highest BCUT2D eigenvalue weighted by molar-refractivity contribution is 6.30. The van der Waals surface area contributed by atoms with Gasteiger partial charge in [-0.3, -0.25) is 9.55 Å². The standard InChI is InChI=1S/C24H28ClN3O2/c1-23(2)12-16(13-24(3,4)30-23)20-15-28(18-8-6-17(25)7-9-18)22(27-20)19-10-11-26-14-21(19)29-5/h6-11,14-16H,12-13H2,1-5H3. The van der Waals surface area contributed by atoms with E-state index in [0.29, 0.717) is 16.7 Å². The van der Waals surface area contributed by atoms with E-state index >= 15 is 0 Å². The van der Waals surface area contributed by atoms with Gasteiger partial charge in [0.2, 0.25) is 0 Å². The number of benzene rings is 1. The quantitative estimate of drug-likeness (QED) is 0.510. The number of hydrogen-bond acceptors (Lipinski definition) is 4. The molecule has 0 atom stereocenters. The SMILES string of the molecule is COc1cnccc1-c1nc(C2CC(C)(C)OC(C)(C)C2)cn1-c1ccc(Cl)cc1. The predicted octanol–water partition coefficient (Wildman–Crippen LogP) is 6.05. The Bertz CT molecular complexity index is 1020. The van der Waals surface area contributed by atoms with E-state index in [-0.39, 0.29) is 11.2 Å². The van der Waals surface area contributed by atoms with Crippen LogP contribution in [0, 0.1) is 0 Å². The van der Waals surface area contributed by atoms with Crippen molar-refractivity contribution in [3.05, 3.63) is 59.6 Å². The highest BCUT2D eigenvalue weighted by atomic mass is 35.5. The van der Waals surface area contributed by atoms with Crippen molar-refractivity contribution in [3.63, 3.8) is 0 Å². The zero-order valence-corrected chi connectivity index (χ0v) is 18.9. The van der Waals surface area contributed by atoms with E-state index in [4.69, 9.17) is 26.1 Å². The predicted molar refractivity (Wildman–Crippen MR) is 120 cm³/mol. The lowest BCUT2D eigenvalue weighted by Gasteiger charge is -2.45. The Morgan fingerprint density at radius 2 is 1.73 bits per heavy atom. The number of ether oxygens (including phenoxy) is 2. The molecule has 1 fully saturated rings.